The van der Waals surface area contributed by atoms with E-state index >= 15 is 0 Å². The SMILES string of the molecule is N#CC(C#N)=C(C#N)Nc1cc(Cl)ccc1Cl. The van der Waals surface area contributed by atoms with E-state index in [0.29, 0.717) is 15.7 Å². The zero-order valence-corrected chi connectivity index (χ0v) is 9.84. The second-order valence-electron chi connectivity index (χ2n) is 2.83. The van der Waals surface area contributed by atoms with E-state index in [2.05, 4.69) is 5.32 Å². The molecule has 0 spiro atoms. The number of nitriles is 3. The predicted octanol–water partition coefficient (Wildman–Crippen LogP) is 3.23. The molecule has 0 aliphatic rings. The predicted molar refractivity (Wildman–Crippen MR) is 63.9 cm³/mol. The summed E-state index contributed by atoms with van der Waals surface area (Å²) in [4.78, 5) is 0. The molecule has 82 valence electrons. The average Bonchev–Trinajstić information content (AvgIpc) is 2.33. The summed E-state index contributed by atoms with van der Waals surface area (Å²) in [5.41, 5.74) is -0.124. The van der Waals surface area contributed by atoms with Crippen molar-refractivity contribution in [1.82, 2.24) is 0 Å². The number of allylic oxidation sites excluding steroid dienone is 2. The van der Waals surface area contributed by atoms with Gasteiger partial charge in [0.1, 0.15) is 23.9 Å². The second kappa shape index (κ2) is 5.77. The van der Waals surface area contributed by atoms with Gasteiger partial charge in [-0.1, -0.05) is 23.2 Å². The standard InChI is InChI=1S/C11H4Cl2N4/c12-8-1-2-9(13)10(3-8)17-11(6-16)7(4-14)5-15/h1-3,17H. The third kappa shape index (κ3) is 3.13. The lowest BCUT2D eigenvalue weighted by Gasteiger charge is -2.06. The molecule has 0 saturated heterocycles. The first-order chi connectivity index (χ1) is 8.12. The number of hydrogen-bond donors (Lipinski definition) is 1. The number of hydrogen-bond acceptors (Lipinski definition) is 4. The van der Waals surface area contributed by atoms with E-state index in [1.165, 1.54) is 6.07 Å². The summed E-state index contributed by atoms with van der Waals surface area (Å²) in [5, 5.41) is 29.5. The Morgan fingerprint density at radius 3 is 2.24 bits per heavy atom. The van der Waals surface area contributed by atoms with Crippen LogP contribution in [0.1, 0.15) is 0 Å². The molecule has 1 rings (SSSR count). The van der Waals surface area contributed by atoms with Gasteiger partial charge in [0.25, 0.3) is 0 Å². The molecule has 0 aliphatic heterocycles. The number of anilines is 1. The van der Waals surface area contributed by atoms with Crippen molar-refractivity contribution in [2.45, 2.75) is 0 Å². The van der Waals surface area contributed by atoms with Crippen LogP contribution in [0.2, 0.25) is 10.0 Å². The fourth-order valence-corrected chi connectivity index (χ4v) is 1.35. The zero-order valence-electron chi connectivity index (χ0n) is 8.33. The van der Waals surface area contributed by atoms with Gasteiger partial charge in [-0.05, 0) is 18.2 Å². The molecule has 0 heterocycles. The van der Waals surface area contributed by atoms with Crippen molar-refractivity contribution in [2.24, 2.45) is 0 Å². The fourth-order valence-electron chi connectivity index (χ4n) is 1.01. The minimum absolute atomic E-state index is 0.167. The molecule has 0 bridgehead atoms. The minimum Gasteiger partial charge on any atom is -0.344 e. The van der Waals surface area contributed by atoms with Crippen molar-refractivity contribution in [2.75, 3.05) is 5.32 Å². The first kappa shape index (κ1) is 12.9. The van der Waals surface area contributed by atoms with Gasteiger partial charge < -0.3 is 5.32 Å². The summed E-state index contributed by atoms with van der Waals surface area (Å²) in [6.07, 6.45) is 0. The van der Waals surface area contributed by atoms with E-state index in [-0.39, 0.29) is 11.3 Å². The first-order valence-corrected chi connectivity index (χ1v) is 5.04. The Balaban J connectivity index is 3.20. The maximum absolute atomic E-state index is 8.83. The summed E-state index contributed by atoms with van der Waals surface area (Å²) in [6.45, 7) is 0. The molecule has 0 atom stereocenters. The molecule has 17 heavy (non-hydrogen) atoms. The van der Waals surface area contributed by atoms with Crippen molar-refractivity contribution < 1.29 is 0 Å². The molecule has 1 aromatic carbocycles. The highest BCUT2D eigenvalue weighted by Gasteiger charge is 2.08. The van der Waals surface area contributed by atoms with Crippen LogP contribution in [0.5, 0.6) is 0 Å². The minimum atomic E-state index is -0.316. The van der Waals surface area contributed by atoms with Gasteiger partial charge in [0, 0.05) is 5.02 Å². The maximum Gasteiger partial charge on any atom is 0.163 e. The Hall–Kier alpha value is -2.19. The van der Waals surface area contributed by atoms with Crippen LogP contribution < -0.4 is 5.32 Å². The molecule has 1 aromatic rings. The zero-order chi connectivity index (χ0) is 12.8. The Kier molecular flexibility index (Phi) is 4.37. The molecule has 6 heteroatoms. The van der Waals surface area contributed by atoms with Crippen LogP contribution >= 0.6 is 23.2 Å². The number of rotatable bonds is 2. The van der Waals surface area contributed by atoms with Crippen molar-refractivity contribution >= 4 is 28.9 Å². The van der Waals surface area contributed by atoms with Gasteiger partial charge in [0.2, 0.25) is 0 Å². The van der Waals surface area contributed by atoms with Crippen molar-refractivity contribution in [3.63, 3.8) is 0 Å². The van der Waals surface area contributed by atoms with Crippen LogP contribution in [-0.2, 0) is 0 Å². The van der Waals surface area contributed by atoms with Gasteiger partial charge >= 0.3 is 0 Å². The highest BCUT2D eigenvalue weighted by atomic mass is 35.5. The summed E-state index contributed by atoms with van der Waals surface area (Å²) in [5.74, 6) is 0. The summed E-state index contributed by atoms with van der Waals surface area (Å²) < 4.78 is 0. The van der Waals surface area contributed by atoms with Gasteiger partial charge in [0.05, 0.1) is 10.7 Å². The molecule has 0 radical (unpaired) electrons. The van der Waals surface area contributed by atoms with E-state index in [1.54, 1.807) is 30.3 Å². The molecule has 0 unspecified atom stereocenters. The fraction of sp³-hybridized carbons (Fsp3) is 0. The molecule has 0 aliphatic carbocycles. The number of nitrogens with zero attached hydrogens (tertiary/aromatic N) is 3. The van der Waals surface area contributed by atoms with E-state index in [4.69, 9.17) is 39.0 Å². The molecule has 0 amide bonds. The molecular weight excluding hydrogens is 259 g/mol. The van der Waals surface area contributed by atoms with Crippen molar-refractivity contribution in [3.05, 3.63) is 39.5 Å². The quantitative estimate of drug-likeness (QED) is 0.830. The number of benzene rings is 1. The van der Waals surface area contributed by atoms with Crippen LogP contribution in [0.4, 0.5) is 5.69 Å². The Labute approximate surface area is 108 Å². The Morgan fingerprint density at radius 2 is 1.71 bits per heavy atom. The molecule has 0 aromatic heterocycles. The van der Waals surface area contributed by atoms with E-state index in [0.717, 1.165) is 0 Å². The molecule has 4 nitrogen and oxygen atoms in total. The summed E-state index contributed by atoms with van der Waals surface area (Å²) >= 11 is 11.6. The first-order valence-electron chi connectivity index (χ1n) is 4.29. The smallest absolute Gasteiger partial charge is 0.163 e. The van der Waals surface area contributed by atoms with Crippen molar-refractivity contribution in [1.29, 1.82) is 15.8 Å². The average molecular weight is 263 g/mol. The van der Waals surface area contributed by atoms with Crippen molar-refractivity contribution in [3.8, 4) is 18.2 Å². The van der Waals surface area contributed by atoms with Gasteiger partial charge in [-0.15, -0.1) is 0 Å². The van der Waals surface area contributed by atoms with E-state index in [1.807, 2.05) is 0 Å². The lowest BCUT2D eigenvalue weighted by Crippen LogP contribution is -2.01. The largest absolute Gasteiger partial charge is 0.344 e. The van der Waals surface area contributed by atoms with Gasteiger partial charge in [-0.2, -0.15) is 15.8 Å². The molecule has 0 fully saturated rings. The number of nitrogens with one attached hydrogen (secondary N) is 1. The monoisotopic (exact) mass is 262 g/mol. The highest BCUT2D eigenvalue weighted by molar-refractivity contribution is 6.35. The third-order valence-corrected chi connectivity index (χ3v) is 2.34. The molecular formula is C11H4Cl2N4. The lowest BCUT2D eigenvalue weighted by molar-refractivity contribution is 1.37. The third-order valence-electron chi connectivity index (χ3n) is 1.77. The van der Waals surface area contributed by atoms with Gasteiger partial charge in [-0.3, -0.25) is 0 Å². The Morgan fingerprint density at radius 1 is 1.06 bits per heavy atom. The van der Waals surface area contributed by atoms with Crippen LogP contribution in [0, 0.1) is 34.0 Å². The van der Waals surface area contributed by atoms with E-state index < -0.39 is 0 Å². The molecule has 1 N–H and O–H groups in total. The van der Waals surface area contributed by atoms with Crippen LogP contribution in [0.25, 0.3) is 0 Å². The summed E-state index contributed by atoms with van der Waals surface area (Å²) in [7, 11) is 0. The Bertz CT molecular complexity index is 583. The van der Waals surface area contributed by atoms with Crippen LogP contribution in [-0.4, -0.2) is 0 Å². The van der Waals surface area contributed by atoms with Crippen LogP contribution in [0.3, 0.4) is 0 Å². The van der Waals surface area contributed by atoms with Gasteiger partial charge in [-0.25, -0.2) is 0 Å². The lowest BCUT2D eigenvalue weighted by atomic mass is 10.2. The highest BCUT2D eigenvalue weighted by Crippen LogP contribution is 2.26. The topological polar surface area (TPSA) is 83.4 Å². The second-order valence-corrected chi connectivity index (χ2v) is 3.68. The molecule has 0 saturated carbocycles. The van der Waals surface area contributed by atoms with Crippen LogP contribution in [0.15, 0.2) is 29.5 Å². The van der Waals surface area contributed by atoms with E-state index in [9.17, 15) is 0 Å². The van der Waals surface area contributed by atoms with Gasteiger partial charge in [0.15, 0.2) is 5.57 Å². The number of halogens is 2. The maximum atomic E-state index is 8.83. The normalized spacial score (nSPS) is 8.41. The summed E-state index contributed by atoms with van der Waals surface area (Å²) in [6, 6.07) is 9.57.